The molecule has 17 heavy (non-hydrogen) atoms. The molecule has 0 aromatic carbocycles. The topological polar surface area (TPSA) is 58.6 Å². The zero-order valence-corrected chi connectivity index (χ0v) is 10.9. The molecule has 1 saturated heterocycles. The van der Waals surface area contributed by atoms with Crippen molar-refractivity contribution in [2.24, 2.45) is 5.92 Å². The first-order valence-electron chi connectivity index (χ1n) is 6.67. The van der Waals surface area contributed by atoms with E-state index in [2.05, 4.69) is 12.2 Å². The molecule has 0 aromatic heterocycles. The largest absolute Gasteiger partial charge is 0.481 e. The van der Waals surface area contributed by atoms with Crippen molar-refractivity contribution in [2.75, 3.05) is 13.2 Å². The predicted octanol–water partition coefficient (Wildman–Crippen LogP) is 2.03. The highest BCUT2D eigenvalue weighted by atomic mass is 16.5. The molecule has 1 aliphatic rings. The van der Waals surface area contributed by atoms with Gasteiger partial charge in [-0.1, -0.05) is 13.3 Å². The summed E-state index contributed by atoms with van der Waals surface area (Å²) in [5.41, 5.74) is 0. The van der Waals surface area contributed by atoms with Gasteiger partial charge < -0.3 is 15.2 Å². The van der Waals surface area contributed by atoms with Crippen molar-refractivity contribution in [3.63, 3.8) is 0 Å². The molecule has 1 rings (SSSR count). The summed E-state index contributed by atoms with van der Waals surface area (Å²) in [6, 6.07) is 0.445. The molecule has 2 N–H and O–H groups in total. The summed E-state index contributed by atoms with van der Waals surface area (Å²) >= 11 is 0. The minimum atomic E-state index is -0.690. The quantitative estimate of drug-likeness (QED) is 0.685. The molecule has 3 unspecified atom stereocenters. The predicted molar refractivity (Wildman–Crippen MR) is 67.1 cm³/mol. The molecule has 1 heterocycles. The maximum atomic E-state index is 10.6. The number of hydrogen-bond donors (Lipinski definition) is 2. The molecule has 0 bridgehead atoms. The Balaban J connectivity index is 2.00. The monoisotopic (exact) mass is 243 g/mol. The lowest BCUT2D eigenvalue weighted by atomic mass is 10.0. The number of carboxylic acid groups (broad SMARTS) is 1. The fourth-order valence-electron chi connectivity index (χ4n) is 2.09. The van der Waals surface area contributed by atoms with Crippen LogP contribution in [0.2, 0.25) is 0 Å². The second kappa shape index (κ2) is 7.67. The van der Waals surface area contributed by atoms with Crippen LogP contribution in [0.1, 0.15) is 46.0 Å². The van der Waals surface area contributed by atoms with Crippen molar-refractivity contribution in [1.29, 1.82) is 0 Å². The first kappa shape index (κ1) is 14.5. The number of hydrogen-bond acceptors (Lipinski definition) is 3. The molecular weight excluding hydrogens is 218 g/mol. The minimum absolute atomic E-state index is 0.222. The Labute approximate surface area is 104 Å². The van der Waals surface area contributed by atoms with E-state index in [1.165, 1.54) is 6.42 Å². The van der Waals surface area contributed by atoms with Crippen LogP contribution >= 0.6 is 0 Å². The Hall–Kier alpha value is -0.610. The second-order valence-corrected chi connectivity index (χ2v) is 5.11. The van der Waals surface area contributed by atoms with Gasteiger partial charge in [0.1, 0.15) is 0 Å². The van der Waals surface area contributed by atoms with Crippen molar-refractivity contribution >= 4 is 5.97 Å². The summed E-state index contributed by atoms with van der Waals surface area (Å²) in [6.07, 6.45) is 5.49. The summed E-state index contributed by atoms with van der Waals surface area (Å²) in [5, 5.41) is 12.2. The van der Waals surface area contributed by atoms with Gasteiger partial charge in [0.05, 0.1) is 12.0 Å². The van der Waals surface area contributed by atoms with E-state index in [4.69, 9.17) is 9.84 Å². The Morgan fingerprint density at radius 2 is 2.24 bits per heavy atom. The Morgan fingerprint density at radius 3 is 2.82 bits per heavy atom. The standard InChI is InChI=1S/C13H25NO3/c1-10(13(15)16)5-3-6-11(2)14-9-12-7-4-8-17-12/h10-12,14H,3-9H2,1-2H3,(H,15,16). The first-order valence-corrected chi connectivity index (χ1v) is 6.67. The van der Waals surface area contributed by atoms with Gasteiger partial charge in [-0.2, -0.15) is 0 Å². The normalized spacial score (nSPS) is 23.5. The molecular formula is C13H25NO3. The molecule has 4 nitrogen and oxygen atoms in total. The lowest BCUT2D eigenvalue weighted by Gasteiger charge is -2.17. The van der Waals surface area contributed by atoms with Crippen molar-refractivity contribution in [3.8, 4) is 0 Å². The van der Waals surface area contributed by atoms with Gasteiger partial charge in [0, 0.05) is 19.2 Å². The Bertz CT molecular complexity index is 227. The number of aliphatic carboxylic acids is 1. The lowest BCUT2D eigenvalue weighted by Crippen LogP contribution is -2.33. The zero-order chi connectivity index (χ0) is 12.7. The number of carbonyl (C=O) groups is 1. The van der Waals surface area contributed by atoms with Crippen molar-refractivity contribution in [2.45, 2.75) is 58.1 Å². The van der Waals surface area contributed by atoms with E-state index >= 15 is 0 Å². The van der Waals surface area contributed by atoms with Crippen LogP contribution in [0.15, 0.2) is 0 Å². The smallest absolute Gasteiger partial charge is 0.306 e. The highest BCUT2D eigenvalue weighted by Crippen LogP contribution is 2.12. The molecule has 4 heteroatoms. The molecule has 1 fully saturated rings. The van der Waals surface area contributed by atoms with Crippen LogP contribution in [-0.2, 0) is 9.53 Å². The number of nitrogens with one attached hydrogen (secondary N) is 1. The van der Waals surface area contributed by atoms with Gasteiger partial charge in [0.15, 0.2) is 0 Å². The van der Waals surface area contributed by atoms with Gasteiger partial charge in [0.2, 0.25) is 0 Å². The third-order valence-electron chi connectivity index (χ3n) is 3.41. The minimum Gasteiger partial charge on any atom is -0.481 e. The fraction of sp³-hybridized carbons (Fsp3) is 0.923. The molecule has 1 aliphatic heterocycles. The summed E-state index contributed by atoms with van der Waals surface area (Å²) in [5.74, 6) is -0.912. The van der Waals surface area contributed by atoms with E-state index in [0.717, 1.165) is 38.8 Å². The van der Waals surface area contributed by atoms with E-state index in [1.807, 2.05) is 0 Å². The van der Waals surface area contributed by atoms with Crippen LogP contribution in [0.4, 0.5) is 0 Å². The highest BCUT2D eigenvalue weighted by molar-refractivity contribution is 5.69. The lowest BCUT2D eigenvalue weighted by molar-refractivity contribution is -0.141. The van der Waals surface area contributed by atoms with E-state index in [-0.39, 0.29) is 5.92 Å². The summed E-state index contributed by atoms with van der Waals surface area (Å²) in [6.45, 7) is 5.75. The maximum Gasteiger partial charge on any atom is 0.306 e. The molecule has 0 aliphatic carbocycles. The molecule has 0 amide bonds. The van der Waals surface area contributed by atoms with Gasteiger partial charge in [-0.05, 0) is 32.6 Å². The molecule has 100 valence electrons. The van der Waals surface area contributed by atoms with Crippen LogP contribution in [0.5, 0.6) is 0 Å². The molecule has 3 atom stereocenters. The number of ether oxygens (including phenoxy) is 1. The number of rotatable bonds is 8. The average molecular weight is 243 g/mol. The van der Waals surface area contributed by atoms with Crippen LogP contribution in [0.25, 0.3) is 0 Å². The average Bonchev–Trinajstić information content (AvgIpc) is 2.78. The van der Waals surface area contributed by atoms with Gasteiger partial charge in [-0.3, -0.25) is 4.79 Å². The van der Waals surface area contributed by atoms with Crippen molar-refractivity contribution < 1.29 is 14.6 Å². The highest BCUT2D eigenvalue weighted by Gasteiger charge is 2.16. The molecule has 0 saturated carbocycles. The van der Waals surface area contributed by atoms with Gasteiger partial charge >= 0.3 is 5.97 Å². The van der Waals surface area contributed by atoms with E-state index < -0.39 is 5.97 Å². The van der Waals surface area contributed by atoms with Crippen LogP contribution in [-0.4, -0.2) is 36.4 Å². The van der Waals surface area contributed by atoms with E-state index in [1.54, 1.807) is 6.92 Å². The number of carboxylic acids is 1. The molecule has 0 radical (unpaired) electrons. The van der Waals surface area contributed by atoms with Crippen LogP contribution in [0.3, 0.4) is 0 Å². The first-order chi connectivity index (χ1) is 8.09. The SMILES string of the molecule is CC(CCCC(C)C(=O)O)NCC1CCCO1. The third-order valence-corrected chi connectivity index (χ3v) is 3.41. The van der Waals surface area contributed by atoms with E-state index in [0.29, 0.717) is 12.1 Å². The van der Waals surface area contributed by atoms with Crippen molar-refractivity contribution in [1.82, 2.24) is 5.32 Å². The summed E-state index contributed by atoms with van der Waals surface area (Å²) < 4.78 is 5.54. The Kier molecular flexibility index (Phi) is 6.52. The second-order valence-electron chi connectivity index (χ2n) is 5.11. The van der Waals surface area contributed by atoms with E-state index in [9.17, 15) is 4.79 Å². The van der Waals surface area contributed by atoms with Crippen molar-refractivity contribution in [3.05, 3.63) is 0 Å². The zero-order valence-electron chi connectivity index (χ0n) is 10.9. The summed E-state index contributed by atoms with van der Waals surface area (Å²) in [7, 11) is 0. The van der Waals surface area contributed by atoms with Crippen LogP contribution < -0.4 is 5.32 Å². The van der Waals surface area contributed by atoms with Gasteiger partial charge in [-0.25, -0.2) is 0 Å². The Morgan fingerprint density at radius 1 is 1.47 bits per heavy atom. The van der Waals surface area contributed by atoms with Gasteiger partial charge in [-0.15, -0.1) is 0 Å². The molecule has 0 aromatic rings. The maximum absolute atomic E-state index is 10.6. The van der Waals surface area contributed by atoms with Crippen LogP contribution in [0, 0.1) is 5.92 Å². The fourth-order valence-corrected chi connectivity index (χ4v) is 2.09. The molecule has 0 spiro atoms. The third kappa shape index (κ3) is 6.03. The summed E-state index contributed by atoms with van der Waals surface area (Å²) in [4.78, 5) is 10.6. The van der Waals surface area contributed by atoms with Gasteiger partial charge in [0.25, 0.3) is 0 Å².